The van der Waals surface area contributed by atoms with Gasteiger partial charge in [-0.3, -0.25) is 9.78 Å². The number of carbonyl (C=O) groups is 1. The van der Waals surface area contributed by atoms with Crippen molar-refractivity contribution in [2.75, 3.05) is 7.05 Å². The summed E-state index contributed by atoms with van der Waals surface area (Å²) in [5.74, 6) is 0.487. The summed E-state index contributed by atoms with van der Waals surface area (Å²) in [4.78, 5) is 27.0. The molecule has 0 unspecified atom stereocenters. The van der Waals surface area contributed by atoms with Crippen molar-refractivity contribution in [1.82, 2.24) is 19.9 Å². The number of rotatable bonds is 3. The number of amides is 1. The second-order valence-electron chi connectivity index (χ2n) is 5.64. The Bertz CT molecular complexity index is 856. The van der Waals surface area contributed by atoms with Gasteiger partial charge in [0.2, 0.25) is 0 Å². The summed E-state index contributed by atoms with van der Waals surface area (Å²) in [6.07, 6.45) is 1.81. The van der Waals surface area contributed by atoms with Gasteiger partial charge in [-0.05, 0) is 37.6 Å². The average Bonchev–Trinajstić information content (AvgIpc) is 2.53. The van der Waals surface area contributed by atoms with Gasteiger partial charge >= 0.3 is 0 Å². The van der Waals surface area contributed by atoms with Crippen molar-refractivity contribution in [2.24, 2.45) is 0 Å². The van der Waals surface area contributed by atoms with E-state index >= 15 is 0 Å². The van der Waals surface area contributed by atoms with E-state index < -0.39 is 0 Å². The normalized spacial score (nSPS) is 10.7. The first-order chi connectivity index (χ1) is 11.0. The van der Waals surface area contributed by atoms with Crippen molar-refractivity contribution in [3.63, 3.8) is 0 Å². The molecule has 5 nitrogen and oxygen atoms in total. The minimum absolute atomic E-state index is 0.119. The molecule has 5 heteroatoms. The van der Waals surface area contributed by atoms with Gasteiger partial charge in [0, 0.05) is 30.9 Å². The Morgan fingerprint density at radius 3 is 2.70 bits per heavy atom. The Hall–Kier alpha value is -2.82. The van der Waals surface area contributed by atoms with Crippen LogP contribution in [0.25, 0.3) is 10.9 Å². The average molecular weight is 306 g/mol. The van der Waals surface area contributed by atoms with Crippen LogP contribution in [0.4, 0.5) is 0 Å². The van der Waals surface area contributed by atoms with E-state index in [1.54, 1.807) is 24.9 Å². The van der Waals surface area contributed by atoms with Crippen molar-refractivity contribution < 1.29 is 4.79 Å². The van der Waals surface area contributed by atoms with E-state index in [9.17, 15) is 4.79 Å². The first-order valence-electron chi connectivity index (χ1n) is 7.44. The fourth-order valence-corrected chi connectivity index (χ4v) is 2.57. The zero-order valence-corrected chi connectivity index (χ0v) is 13.4. The smallest absolute Gasteiger partial charge is 0.272 e. The molecule has 2 aromatic heterocycles. The molecule has 3 aromatic rings. The summed E-state index contributed by atoms with van der Waals surface area (Å²) in [7, 11) is 1.77. The quantitative estimate of drug-likeness (QED) is 0.746. The molecule has 1 amide bonds. The van der Waals surface area contributed by atoms with Gasteiger partial charge in [-0.2, -0.15) is 0 Å². The number of hydrogen-bond donors (Lipinski definition) is 0. The first-order valence-corrected chi connectivity index (χ1v) is 7.44. The second-order valence-corrected chi connectivity index (χ2v) is 5.64. The van der Waals surface area contributed by atoms with E-state index in [0.717, 1.165) is 22.2 Å². The molecule has 0 aliphatic heterocycles. The highest BCUT2D eigenvalue weighted by Gasteiger charge is 2.15. The molecule has 116 valence electrons. The zero-order valence-electron chi connectivity index (χ0n) is 13.4. The summed E-state index contributed by atoms with van der Waals surface area (Å²) in [6, 6.07) is 11.7. The van der Waals surface area contributed by atoms with Crippen molar-refractivity contribution >= 4 is 16.8 Å². The van der Waals surface area contributed by atoms with Crippen molar-refractivity contribution in [3.05, 3.63) is 65.4 Å². The van der Waals surface area contributed by atoms with Gasteiger partial charge in [-0.1, -0.05) is 18.2 Å². The second kappa shape index (κ2) is 6.12. The van der Waals surface area contributed by atoms with Crippen molar-refractivity contribution in [2.45, 2.75) is 20.4 Å². The van der Waals surface area contributed by atoms with Crippen LogP contribution in [0.1, 0.15) is 27.6 Å². The number of carbonyl (C=O) groups excluding carboxylic acids is 1. The van der Waals surface area contributed by atoms with Crippen LogP contribution < -0.4 is 0 Å². The third kappa shape index (κ3) is 3.34. The van der Waals surface area contributed by atoms with Gasteiger partial charge < -0.3 is 4.90 Å². The monoisotopic (exact) mass is 306 g/mol. The van der Waals surface area contributed by atoms with E-state index in [2.05, 4.69) is 21.0 Å². The van der Waals surface area contributed by atoms with Gasteiger partial charge in [-0.15, -0.1) is 0 Å². The molecular formula is C18H18N4O. The number of aromatic nitrogens is 3. The summed E-state index contributed by atoms with van der Waals surface area (Å²) < 4.78 is 0. The first kappa shape index (κ1) is 15.1. The molecular weight excluding hydrogens is 288 g/mol. The minimum Gasteiger partial charge on any atom is -0.336 e. The molecule has 0 N–H and O–H groups in total. The predicted molar refractivity (Wildman–Crippen MR) is 89.0 cm³/mol. The highest BCUT2D eigenvalue weighted by atomic mass is 16.2. The summed E-state index contributed by atoms with van der Waals surface area (Å²) in [5.41, 5.74) is 3.15. The van der Waals surface area contributed by atoms with Crippen LogP contribution in [0.3, 0.4) is 0 Å². The van der Waals surface area contributed by atoms with Gasteiger partial charge in [0.05, 0.1) is 5.52 Å². The third-order valence-electron chi connectivity index (χ3n) is 3.60. The number of nitrogens with zero attached hydrogens (tertiary/aromatic N) is 4. The molecule has 1 aromatic carbocycles. The molecule has 2 heterocycles. The minimum atomic E-state index is -0.119. The Kier molecular flexibility index (Phi) is 4.02. The van der Waals surface area contributed by atoms with Crippen LogP contribution in [-0.2, 0) is 6.54 Å². The number of benzene rings is 1. The Morgan fingerprint density at radius 1 is 1.13 bits per heavy atom. The summed E-state index contributed by atoms with van der Waals surface area (Å²) in [5, 5.41) is 1.07. The molecule has 0 spiro atoms. The molecule has 0 aliphatic carbocycles. The topological polar surface area (TPSA) is 59.0 Å². The van der Waals surface area contributed by atoms with Crippen molar-refractivity contribution in [3.8, 4) is 0 Å². The van der Waals surface area contributed by atoms with Gasteiger partial charge in [0.1, 0.15) is 11.5 Å². The van der Waals surface area contributed by atoms with E-state index in [-0.39, 0.29) is 5.91 Å². The standard InChI is InChI=1S/C18H18N4O/c1-12-8-17(21-13(2)20-12)18(23)22(3)11-14-9-15-6-4-5-7-16(15)19-10-14/h4-10H,11H2,1-3H3. The molecule has 0 radical (unpaired) electrons. The highest BCUT2D eigenvalue weighted by molar-refractivity contribution is 5.92. The van der Waals surface area contributed by atoms with Gasteiger partial charge in [0.25, 0.3) is 5.91 Å². The Balaban J connectivity index is 1.81. The summed E-state index contributed by atoms with van der Waals surface area (Å²) >= 11 is 0. The van der Waals surface area contributed by atoms with Gasteiger partial charge in [-0.25, -0.2) is 9.97 Å². The van der Waals surface area contributed by atoms with E-state index in [1.165, 1.54) is 0 Å². The largest absolute Gasteiger partial charge is 0.336 e. The molecule has 0 fully saturated rings. The fourth-order valence-electron chi connectivity index (χ4n) is 2.57. The van der Waals surface area contributed by atoms with Crippen LogP contribution in [0.5, 0.6) is 0 Å². The van der Waals surface area contributed by atoms with E-state index in [0.29, 0.717) is 18.1 Å². The zero-order chi connectivity index (χ0) is 16.4. The van der Waals surface area contributed by atoms with Crippen LogP contribution in [0.15, 0.2) is 42.6 Å². The lowest BCUT2D eigenvalue weighted by Gasteiger charge is -2.17. The maximum Gasteiger partial charge on any atom is 0.272 e. The maximum absolute atomic E-state index is 12.5. The van der Waals surface area contributed by atoms with Crippen LogP contribution in [0.2, 0.25) is 0 Å². The third-order valence-corrected chi connectivity index (χ3v) is 3.60. The van der Waals surface area contributed by atoms with E-state index in [4.69, 9.17) is 0 Å². The molecule has 0 bridgehead atoms. The number of fused-ring (bicyclic) bond motifs is 1. The molecule has 0 aliphatic rings. The Labute approximate surface area is 135 Å². The van der Waals surface area contributed by atoms with Crippen molar-refractivity contribution in [1.29, 1.82) is 0 Å². The Morgan fingerprint density at radius 2 is 1.91 bits per heavy atom. The maximum atomic E-state index is 12.5. The lowest BCUT2D eigenvalue weighted by molar-refractivity contribution is 0.0778. The molecule has 0 atom stereocenters. The molecule has 3 rings (SSSR count). The molecule has 23 heavy (non-hydrogen) atoms. The van der Waals surface area contributed by atoms with Crippen LogP contribution in [0, 0.1) is 13.8 Å². The SMILES string of the molecule is Cc1cc(C(=O)N(C)Cc2cnc3ccccc3c2)nc(C)n1. The number of hydrogen-bond acceptors (Lipinski definition) is 4. The lowest BCUT2D eigenvalue weighted by atomic mass is 10.1. The van der Waals surface area contributed by atoms with Gasteiger partial charge in [0.15, 0.2) is 0 Å². The summed E-state index contributed by atoms with van der Waals surface area (Å²) in [6.45, 7) is 4.13. The number of pyridine rings is 1. The number of para-hydroxylation sites is 1. The lowest BCUT2D eigenvalue weighted by Crippen LogP contribution is -2.27. The van der Waals surface area contributed by atoms with Crippen LogP contribution in [-0.4, -0.2) is 32.8 Å². The molecule has 0 saturated carbocycles. The van der Waals surface area contributed by atoms with E-state index in [1.807, 2.05) is 37.4 Å². The number of aryl methyl sites for hydroxylation is 2. The predicted octanol–water partition coefficient (Wildman–Crippen LogP) is 2.91. The highest BCUT2D eigenvalue weighted by Crippen LogP contribution is 2.14. The molecule has 0 saturated heterocycles. The fraction of sp³-hybridized carbons (Fsp3) is 0.222. The van der Waals surface area contributed by atoms with Crippen LogP contribution >= 0.6 is 0 Å².